The number of ketones is 2. The van der Waals surface area contributed by atoms with Gasteiger partial charge >= 0.3 is 11.9 Å². The van der Waals surface area contributed by atoms with E-state index in [0.717, 1.165) is 44.1 Å². The van der Waals surface area contributed by atoms with Crippen LogP contribution in [0.3, 0.4) is 0 Å². The summed E-state index contributed by atoms with van der Waals surface area (Å²) in [6.45, 7) is 15.4. The molecule has 0 amide bonds. The first-order valence-corrected chi connectivity index (χ1v) is 14.9. The Labute approximate surface area is 233 Å². The minimum Gasteiger partial charge on any atom is -0.462 e. The van der Waals surface area contributed by atoms with Crippen LogP contribution in [0.25, 0.3) is 0 Å². The van der Waals surface area contributed by atoms with Gasteiger partial charge in [-0.3, -0.25) is 19.2 Å². The number of hydrogen-bond acceptors (Lipinski definition) is 6. The number of esters is 2. The molecule has 0 aromatic carbocycles. The summed E-state index contributed by atoms with van der Waals surface area (Å²) in [7, 11) is 0. The van der Waals surface area contributed by atoms with Gasteiger partial charge in [0.1, 0.15) is 6.10 Å². The molecule has 6 nitrogen and oxygen atoms in total. The van der Waals surface area contributed by atoms with Gasteiger partial charge in [0, 0.05) is 31.6 Å². The summed E-state index contributed by atoms with van der Waals surface area (Å²) in [5, 5.41) is 0. The lowest BCUT2D eigenvalue weighted by atomic mass is 9.43. The summed E-state index contributed by atoms with van der Waals surface area (Å²) in [5.74, 6) is -0.256. The van der Waals surface area contributed by atoms with E-state index in [1.807, 2.05) is 26.8 Å². The Bertz CT molecular complexity index is 1160. The van der Waals surface area contributed by atoms with Gasteiger partial charge in [-0.15, -0.1) is 0 Å². The van der Waals surface area contributed by atoms with Crippen molar-refractivity contribution in [2.45, 2.75) is 106 Å². The Balaban J connectivity index is 1.55. The van der Waals surface area contributed by atoms with E-state index in [1.54, 1.807) is 6.08 Å². The van der Waals surface area contributed by atoms with E-state index in [1.165, 1.54) is 13.8 Å². The van der Waals surface area contributed by atoms with Crippen molar-refractivity contribution >= 4 is 23.5 Å². The van der Waals surface area contributed by atoms with Crippen LogP contribution >= 0.6 is 0 Å². The molecule has 2 spiro atoms. The highest BCUT2D eigenvalue weighted by molar-refractivity contribution is 5.95. The summed E-state index contributed by atoms with van der Waals surface area (Å²) in [6.07, 6.45) is 10.4. The molecule has 4 fully saturated rings. The molecule has 4 saturated carbocycles. The van der Waals surface area contributed by atoms with E-state index in [0.29, 0.717) is 11.8 Å². The SMILES string of the molecule is CC(=O)O[C@H]1C[C@@]2(C)[C@@H]3CC[C@H]4[C@H](C)C(=O)C=C[C@@]45C[C@@]35CC[C@]2(C)[C@H]1[C@H](C)[C@@H](OC(C)=O)C(=O)C=C(C)C. The molecule has 5 aliphatic carbocycles. The highest BCUT2D eigenvalue weighted by Crippen LogP contribution is 2.87. The standard InChI is InChI=1S/C33H46O6/c1-18(2)15-25(37)29(39-22(6)35)20(4)28-26(38-21(5)34)16-31(8)27-10-9-23-19(3)24(36)11-12-32(23)17-33(27,32)14-13-30(28,31)7/h11-12,15,19-20,23,26-29H,9-10,13-14,16-17H2,1-8H3/t19-,20-,23-,26-,27-,28-,29+,30+,31-,32+,33-/m0/s1. The van der Waals surface area contributed by atoms with Crippen LogP contribution in [0.1, 0.15) is 93.9 Å². The van der Waals surface area contributed by atoms with Gasteiger partial charge in [-0.05, 0) is 98.0 Å². The third-order valence-electron chi connectivity index (χ3n) is 12.4. The van der Waals surface area contributed by atoms with Crippen molar-refractivity contribution in [3.8, 4) is 0 Å². The van der Waals surface area contributed by atoms with Gasteiger partial charge in [0.25, 0.3) is 0 Å². The smallest absolute Gasteiger partial charge is 0.303 e. The van der Waals surface area contributed by atoms with Crippen LogP contribution in [0, 0.1) is 51.2 Å². The predicted octanol–water partition coefficient (Wildman–Crippen LogP) is 6.03. The van der Waals surface area contributed by atoms with Crippen molar-refractivity contribution in [1.29, 1.82) is 0 Å². The number of allylic oxidation sites excluding steroid dienone is 3. The number of fused-ring (bicyclic) bond motifs is 2. The molecule has 0 aromatic heterocycles. The Kier molecular flexibility index (Phi) is 6.63. The topological polar surface area (TPSA) is 86.7 Å². The average molecular weight is 539 g/mol. The normalized spacial score (nSPS) is 45.0. The van der Waals surface area contributed by atoms with Crippen LogP contribution < -0.4 is 0 Å². The zero-order chi connectivity index (χ0) is 28.7. The number of ether oxygens (including phenoxy) is 2. The van der Waals surface area contributed by atoms with E-state index in [9.17, 15) is 19.2 Å². The van der Waals surface area contributed by atoms with E-state index >= 15 is 0 Å². The molecule has 0 aromatic rings. The average Bonchev–Trinajstić information content (AvgIpc) is 3.43. The largest absolute Gasteiger partial charge is 0.462 e. The minimum absolute atomic E-state index is 0.0761. The van der Waals surface area contributed by atoms with Crippen LogP contribution in [-0.2, 0) is 28.7 Å². The third kappa shape index (κ3) is 3.86. The molecule has 214 valence electrons. The summed E-state index contributed by atoms with van der Waals surface area (Å²) >= 11 is 0. The van der Waals surface area contributed by atoms with Crippen molar-refractivity contribution in [1.82, 2.24) is 0 Å². The lowest BCUT2D eigenvalue weighted by Gasteiger charge is -2.61. The first-order chi connectivity index (χ1) is 18.1. The second-order valence-electron chi connectivity index (χ2n) is 14.4. The molecule has 0 bridgehead atoms. The molecule has 0 radical (unpaired) electrons. The monoisotopic (exact) mass is 538 g/mol. The molecular weight excluding hydrogens is 492 g/mol. The summed E-state index contributed by atoms with van der Waals surface area (Å²) in [5.41, 5.74) is 0.822. The van der Waals surface area contributed by atoms with Gasteiger partial charge < -0.3 is 9.47 Å². The van der Waals surface area contributed by atoms with Gasteiger partial charge in [0.05, 0.1) is 0 Å². The molecule has 0 saturated heterocycles. The van der Waals surface area contributed by atoms with E-state index in [2.05, 4.69) is 26.8 Å². The molecule has 0 unspecified atom stereocenters. The fourth-order valence-corrected chi connectivity index (χ4v) is 10.8. The molecule has 6 heteroatoms. The highest BCUT2D eigenvalue weighted by atomic mass is 16.6. The number of hydrogen-bond donors (Lipinski definition) is 0. The highest BCUT2D eigenvalue weighted by Gasteiger charge is 2.81. The summed E-state index contributed by atoms with van der Waals surface area (Å²) in [6, 6.07) is 0. The van der Waals surface area contributed by atoms with E-state index < -0.39 is 12.1 Å². The zero-order valence-electron chi connectivity index (χ0n) is 25.0. The molecule has 11 atom stereocenters. The predicted molar refractivity (Wildman–Crippen MR) is 147 cm³/mol. The van der Waals surface area contributed by atoms with Crippen molar-refractivity contribution in [3.63, 3.8) is 0 Å². The third-order valence-corrected chi connectivity index (χ3v) is 12.4. The van der Waals surface area contributed by atoms with E-state index in [4.69, 9.17) is 9.47 Å². The maximum atomic E-state index is 13.4. The van der Waals surface area contributed by atoms with Gasteiger partial charge in [0.2, 0.25) is 0 Å². The Morgan fingerprint density at radius 3 is 2.33 bits per heavy atom. The maximum absolute atomic E-state index is 13.4. The van der Waals surface area contributed by atoms with Crippen LogP contribution in [0.4, 0.5) is 0 Å². The van der Waals surface area contributed by atoms with Crippen LogP contribution in [-0.4, -0.2) is 35.7 Å². The van der Waals surface area contributed by atoms with Gasteiger partial charge in [0.15, 0.2) is 17.7 Å². The number of carbonyl (C=O) groups is 4. The first-order valence-electron chi connectivity index (χ1n) is 14.9. The molecule has 0 heterocycles. The lowest BCUT2D eigenvalue weighted by molar-refractivity contribution is -0.166. The van der Waals surface area contributed by atoms with Crippen molar-refractivity contribution < 1.29 is 28.7 Å². The fraction of sp³-hybridized carbons (Fsp3) is 0.758. The summed E-state index contributed by atoms with van der Waals surface area (Å²) < 4.78 is 11.8. The quantitative estimate of drug-likeness (QED) is 0.303. The molecule has 5 rings (SSSR count). The van der Waals surface area contributed by atoms with Crippen LogP contribution in [0.2, 0.25) is 0 Å². The Hall–Kier alpha value is -2.24. The Morgan fingerprint density at radius 2 is 1.72 bits per heavy atom. The lowest BCUT2D eigenvalue weighted by Crippen LogP contribution is -2.56. The molecule has 0 N–H and O–H groups in total. The molecule has 0 aliphatic heterocycles. The van der Waals surface area contributed by atoms with Gasteiger partial charge in [-0.2, -0.15) is 0 Å². The van der Waals surface area contributed by atoms with Crippen molar-refractivity contribution in [2.24, 2.45) is 51.2 Å². The maximum Gasteiger partial charge on any atom is 0.303 e. The van der Waals surface area contributed by atoms with Gasteiger partial charge in [-0.25, -0.2) is 0 Å². The second-order valence-corrected chi connectivity index (χ2v) is 14.4. The molecule has 39 heavy (non-hydrogen) atoms. The van der Waals surface area contributed by atoms with Crippen LogP contribution in [0.15, 0.2) is 23.8 Å². The fourth-order valence-electron chi connectivity index (χ4n) is 10.8. The summed E-state index contributed by atoms with van der Waals surface area (Å²) in [4.78, 5) is 50.5. The van der Waals surface area contributed by atoms with Crippen molar-refractivity contribution in [3.05, 3.63) is 23.8 Å². The van der Waals surface area contributed by atoms with Gasteiger partial charge in [-0.1, -0.05) is 39.3 Å². The number of rotatable bonds is 6. The Morgan fingerprint density at radius 1 is 1.03 bits per heavy atom. The number of carbonyl (C=O) groups excluding carboxylic acids is 4. The second kappa shape index (κ2) is 9.14. The zero-order valence-corrected chi connectivity index (χ0v) is 25.0. The first kappa shape index (κ1) is 28.3. The van der Waals surface area contributed by atoms with E-state index in [-0.39, 0.29) is 63.1 Å². The molecule has 5 aliphatic rings. The van der Waals surface area contributed by atoms with Crippen molar-refractivity contribution in [2.75, 3.05) is 0 Å². The molecular formula is C33H46O6. The van der Waals surface area contributed by atoms with Crippen LogP contribution in [0.5, 0.6) is 0 Å². The minimum atomic E-state index is -0.924.